The first-order chi connectivity index (χ1) is 9.47. The topological polar surface area (TPSA) is 69.6 Å². The van der Waals surface area contributed by atoms with Crippen molar-refractivity contribution in [3.8, 4) is 0 Å². The van der Waals surface area contributed by atoms with Crippen LogP contribution in [0.15, 0.2) is 0 Å². The lowest BCUT2D eigenvalue weighted by molar-refractivity contribution is -0.140. The van der Waals surface area contributed by atoms with Crippen LogP contribution < -0.4 is 5.32 Å². The van der Waals surface area contributed by atoms with E-state index >= 15 is 0 Å². The van der Waals surface area contributed by atoms with Crippen LogP contribution in [0.1, 0.15) is 59.3 Å². The molecule has 0 aliphatic heterocycles. The van der Waals surface area contributed by atoms with Gasteiger partial charge in [0.05, 0.1) is 6.54 Å². The van der Waals surface area contributed by atoms with Crippen LogP contribution in [0.5, 0.6) is 0 Å². The number of carboxylic acids is 1. The molecule has 1 saturated carbocycles. The molecule has 0 spiro atoms. The highest BCUT2D eigenvalue weighted by atomic mass is 16.4. The molecule has 0 aromatic heterocycles. The van der Waals surface area contributed by atoms with Crippen molar-refractivity contribution < 1.29 is 14.7 Å². The largest absolute Gasteiger partial charge is 0.480 e. The van der Waals surface area contributed by atoms with Crippen molar-refractivity contribution in [2.75, 3.05) is 6.54 Å². The Kier molecular flexibility index (Phi) is 6.99. The number of carbonyl (C=O) groups is 2. The van der Waals surface area contributed by atoms with Gasteiger partial charge in [-0.15, -0.1) is 0 Å². The Morgan fingerprint density at radius 3 is 2.35 bits per heavy atom. The number of carbonyl (C=O) groups excluding carboxylic acids is 1. The minimum atomic E-state index is -0.878. The molecule has 20 heavy (non-hydrogen) atoms. The number of amides is 1. The Bertz CT molecular complexity index is 325. The smallest absolute Gasteiger partial charge is 0.320 e. The van der Waals surface area contributed by atoms with Crippen LogP contribution in [0.2, 0.25) is 0 Å². The summed E-state index contributed by atoms with van der Waals surface area (Å²) in [5, 5.41) is 12.0. The molecule has 0 radical (unpaired) electrons. The van der Waals surface area contributed by atoms with Gasteiger partial charge in [0.1, 0.15) is 6.04 Å². The summed E-state index contributed by atoms with van der Waals surface area (Å²) in [5.74, 6) is -0.856. The minimum Gasteiger partial charge on any atom is -0.480 e. The third-order valence-corrected chi connectivity index (χ3v) is 3.94. The second-order valence-electron chi connectivity index (χ2n) is 5.89. The number of rotatable bonds is 8. The van der Waals surface area contributed by atoms with Gasteiger partial charge in [0.2, 0.25) is 5.91 Å². The lowest BCUT2D eigenvalue weighted by atomic mass is 10.1. The lowest BCUT2D eigenvalue weighted by Crippen LogP contribution is -2.50. The van der Waals surface area contributed by atoms with Crippen LogP contribution in [0.25, 0.3) is 0 Å². The molecule has 1 aliphatic carbocycles. The van der Waals surface area contributed by atoms with E-state index in [1.807, 2.05) is 25.7 Å². The van der Waals surface area contributed by atoms with E-state index in [0.717, 1.165) is 19.3 Å². The highest BCUT2D eigenvalue weighted by molar-refractivity contribution is 5.80. The molecule has 1 fully saturated rings. The third kappa shape index (κ3) is 4.78. The Labute approximate surface area is 121 Å². The normalized spacial score (nSPS) is 17.4. The molecule has 0 aromatic rings. The fourth-order valence-electron chi connectivity index (χ4n) is 3.00. The molecule has 0 bridgehead atoms. The highest BCUT2D eigenvalue weighted by Crippen LogP contribution is 2.25. The number of hydrogen-bond acceptors (Lipinski definition) is 3. The maximum absolute atomic E-state index is 12.4. The number of nitrogens with one attached hydrogen (secondary N) is 1. The van der Waals surface area contributed by atoms with Gasteiger partial charge in [-0.2, -0.15) is 0 Å². The van der Waals surface area contributed by atoms with Crippen LogP contribution >= 0.6 is 0 Å². The van der Waals surface area contributed by atoms with E-state index in [2.05, 4.69) is 5.32 Å². The summed E-state index contributed by atoms with van der Waals surface area (Å²) in [4.78, 5) is 25.4. The van der Waals surface area contributed by atoms with E-state index in [-0.39, 0.29) is 18.5 Å². The fraction of sp³-hybridized carbons (Fsp3) is 0.867. The standard InChI is InChI=1S/C15H28N2O3/c1-4-7-13(15(19)20)16-10-14(18)17(11(2)3)12-8-5-6-9-12/h11-13,16H,4-10H2,1-3H3,(H,19,20). The average molecular weight is 284 g/mol. The monoisotopic (exact) mass is 284 g/mol. The van der Waals surface area contributed by atoms with Gasteiger partial charge >= 0.3 is 5.97 Å². The van der Waals surface area contributed by atoms with Crippen molar-refractivity contribution in [3.05, 3.63) is 0 Å². The molecule has 1 rings (SSSR count). The van der Waals surface area contributed by atoms with E-state index < -0.39 is 12.0 Å². The summed E-state index contributed by atoms with van der Waals surface area (Å²) in [7, 11) is 0. The van der Waals surface area contributed by atoms with Crippen molar-refractivity contribution >= 4 is 11.9 Å². The van der Waals surface area contributed by atoms with Crippen molar-refractivity contribution in [3.63, 3.8) is 0 Å². The molecule has 1 unspecified atom stereocenters. The van der Waals surface area contributed by atoms with Crippen LogP contribution in [-0.4, -0.2) is 46.6 Å². The zero-order valence-corrected chi connectivity index (χ0v) is 12.9. The summed E-state index contributed by atoms with van der Waals surface area (Å²) in [6.45, 7) is 6.11. The van der Waals surface area contributed by atoms with Crippen molar-refractivity contribution in [2.24, 2.45) is 0 Å². The Hall–Kier alpha value is -1.10. The highest BCUT2D eigenvalue weighted by Gasteiger charge is 2.29. The van der Waals surface area contributed by atoms with E-state index in [9.17, 15) is 9.59 Å². The zero-order valence-electron chi connectivity index (χ0n) is 12.9. The van der Waals surface area contributed by atoms with Gasteiger partial charge in [0.25, 0.3) is 0 Å². The first-order valence-electron chi connectivity index (χ1n) is 7.74. The first kappa shape index (κ1) is 17.0. The van der Waals surface area contributed by atoms with E-state index in [0.29, 0.717) is 12.5 Å². The van der Waals surface area contributed by atoms with Gasteiger partial charge in [-0.1, -0.05) is 26.2 Å². The summed E-state index contributed by atoms with van der Waals surface area (Å²) in [5.41, 5.74) is 0. The van der Waals surface area contributed by atoms with Gasteiger partial charge in [0, 0.05) is 12.1 Å². The summed E-state index contributed by atoms with van der Waals surface area (Å²) >= 11 is 0. The summed E-state index contributed by atoms with van der Waals surface area (Å²) in [6.07, 6.45) is 5.84. The Balaban J connectivity index is 2.55. The van der Waals surface area contributed by atoms with Crippen molar-refractivity contribution in [1.82, 2.24) is 10.2 Å². The van der Waals surface area contributed by atoms with Crippen LogP contribution in [-0.2, 0) is 9.59 Å². The lowest BCUT2D eigenvalue weighted by Gasteiger charge is -2.33. The predicted molar refractivity (Wildman–Crippen MR) is 78.6 cm³/mol. The predicted octanol–water partition coefficient (Wildman–Crippen LogP) is 2.01. The molecular weight excluding hydrogens is 256 g/mol. The van der Waals surface area contributed by atoms with Gasteiger partial charge < -0.3 is 10.0 Å². The molecule has 5 nitrogen and oxygen atoms in total. The molecule has 1 atom stereocenters. The van der Waals surface area contributed by atoms with E-state index in [1.54, 1.807) is 0 Å². The number of carboxylic acid groups (broad SMARTS) is 1. The van der Waals surface area contributed by atoms with Gasteiger partial charge in [-0.05, 0) is 33.1 Å². The second kappa shape index (κ2) is 8.25. The second-order valence-corrected chi connectivity index (χ2v) is 5.89. The van der Waals surface area contributed by atoms with Crippen LogP contribution in [0, 0.1) is 0 Å². The molecule has 1 amide bonds. The van der Waals surface area contributed by atoms with Gasteiger partial charge in [-0.3, -0.25) is 14.9 Å². The summed E-state index contributed by atoms with van der Waals surface area (Å²) < 4.78 is 0. The van der Waals surface area contributed by atoms with Gasteiger partial charge in [-0.25, -0.2) is 0 Å². The maximum Gasteiger partial charge on any atom is 0.320 e. The summed E-state index contributed by atoms with van der Waals surface area (Å²) in [6, 6.07) is -0.123. The molecule has 5 heteroatoms. The Morgan fingerprint density at radius 1 is 1.30 bits per heavy atom. The SMILES string of the molecule is CCCC(NCC(=O)N(C(C)C)C1CCCC1)C(=O)O. The zero-order chi connectivity index (χ0) is 15.1. The number of nitrogens with zero attached hydrogens (tertiary/aromatic N) is 1. The van der Waals surface area contributed by atoms with Crippen molar-refractivity contribution in [1.29, 1.82) is 0 Å². The maximum atomic E-state index is 12.4. The van der Waals surface area contributed by atoms with Gasteiger partial charge in [0.15, 0.2) is 0 Å². The van der Waals surface area contributed by atoms with Crippen molar-refractivity contribution in [2.45, 2.75) is 77.4 Å². The molecule has 116 valence electrons. The molecule has 0 aromatic carbocycles. The molecular formula is C15H28N2O3. The third-order valence-electron chi connectivity index (χ3n) is 3.94. The first-order valence-corrected chi connectivity index (χ1v) is 7.74. The molecule has 0 saturated heterocycles. The molecule has 0 heterocycles. The Morgan fingerprint density at radius 2 is 1.90 bits per heavy atom. The van der Waals surface area contributed by atoms with Crippen LogP contribution in [0.3, 0.4) is 0 Å². The number of hydrogen-bond donors (Lipinski definition) is 2. The van der Waals surface area contributed by atoms with Crippen LogP contribution in [0.4, 0.5) is 0 Å². The van der Waals surface area contributed by atoms with E-state index in [4.69, 9.17) is 5.11 Å². The number of aliphatic carboxylic acids is 1. The minimum absolute atomic E-state index is 0.0225. The fourth-order valence-corrected chi connectivity index (χ4v) is 3.00. The quantitative estimate of drug-likeness (QED) is 0.715. The average Bonchev–Trinajstić information content (AvgIpc) is 2.87. The van der Waals surface area contributed by atoms with E-state index in [1.165, 1.54) is 12.8 Å². The molecule has 1 aliphatic rings. The molecule has 2 N–H and O–H groups in total.